The van der Waals surface area contributed by atoms with Crippen molar-refractivity contribution in [3.63, 3.8) is 0 Å². The molecule has 8 heteroatoms. The van der Waals surface area contributed by atoms with Crippen LogP contribution in [0, 0.1) is 12.7 Å². The molecule has 5 aromatic rings. The van der Waals surface area contributed by atoms with Crippen molar-refractivity contribution >= 4 is 46.9 Å². The zero-order chi connectivity index (χ0) is 31.6. The normalized spacial score (nSPS) is 11.7. The summed E-state index contributed by atoms with van der Waals surface area (Å²) in [6, 6.07) is 38.4. The molecule has 5 rings (SSSR count). The molecule has 0 bridgehead atoms. The molecule has 224 valence electrons. The molecule has 3 amide bonds. The van der Waals surface area contributed by atoms with Gasteiger partial charge in [0, 0.05) is 21.8 Å². The van der Waals surface area contributed by atoms with Crippen molar-refractivity contribution in [1.82, 2.24) is 5.32 Å². The largest absolute Gasteiger partial charge is 0.325 e. The average Bonchev–Trinajstić information content (AvgIpc) is 3.05. The SMILES string of the molecule is Cc1cccc(NC(=O)C(Sc2ccc(NC(=O)/C(=C/c3ccc(F)cc3)NC(=O)c3ccccc3)cc2)c2ccccc2)c1. The van der Waals surface area contributed by atoms with Crippen molar-refractivity contribution in [2.45, 2.75) is 17.1 Å². The minimum absolute atomic E-state index is 0.00845. The van der Waals surface area contributed by atoms with Crippen LogP contribution in [0.2, 0.25) is 0 Å². The van der Waals surface area contributed by atoms with E-state index < -0.39 is 22.9 Å². The Morgan fingerprint density at radius 1 is 0.711 bits per heavy atom. The molecule has 0 fully saturated rings. The fourth-order valence-corrected chi connectivity index (χ4v) is 5.48. The highest BCUT2D eigenvalue weighted by Gasteiger charge is 2.22. The third-order valence-electron chi connectivity index (χ3n) is 6.70. The van der Waals surface area contributed by atoms with Crippen LogP contribution in [0.3, 0.4) is 0 Å². The number of nitrogens with one attached hydrogen (secondary N) is 3. The summed E-state index contributed by atoms with van der Waals surface area (Å²) in [4.78, 5) is 40.5. The number of rotatable bonds is 10. The Hall–Kier alpha value is -5.47. The summed E-state index contributed by atoms with van der Waals surface area (Å²) in [5.41, 5.74) is 4.03. The third kappa shape index (κ3) is 8.78. The summed E-state index contributed by atoms with van der Waals surface area (Å²) in [6.45, 7) is 1.97. The van der Waals surface area contributed by atoms with Gasteiger partial charge in [-0.3, -0.25) is 14.4 Å². The van der Waals surface area contributed by atoms with E-state index in [2.05, 4.69) is 16.0 Å². The van der Waals surface area contributed by atoms with E-state index in [1.165, 1.54) is 42.1 Å². The van der Waals surface area contributed by atoms with Crippen LogP contribution < -0.4 is 16.0 Å². The van der Waals surface area contributed by atoms with E-state index in [0.717, 1.165) is 21.7 Å². The highest BCUT2D eigenvalue weighted by molar-refractivity contribution is 8.00. The number of thioether (sulfide) groups is 1. The summed E-state index contributed by atoms with van der Waals surface area (Å²) in [6.07, 6.45) is 1.48. The van der Waals surface area contributed by atoms with Crippen molar-refractivity contribution in [2.75, 3.05) is 10.6 Å². The van der Waals surface area contributed by atoms with Crippen molar-refractivity contribution in [1.29, 1.82) is 0 Å². The van der Waals surface area contributed by atoms with Crippen LogP contribution >= 0.6 is 11.8 Å². The van der Waals surface area contributed by atoms with Crippen LogP contribution in [-0.2, 0) is 9.59 Å². The molecule has 45 heavy (non-hydrogen) atoms. The lowest BCUT2D eigenvalue weighted by Crippen LogP contribution is -2.30. The first kappa shape index (κ1) is 31.0. The molecule has 0 radical (unpaired) electrons. The monoisotopic (exact) mass is 615 g/mol. The number of carbonyl (C=O) groups is 3. The van der Waals surface area contributed by atoms with E-state index in [9.17, 15) is 18.8 Å². The number of hydrogen-bond acceptors (Lipinski definition) is 4. The molecule has 3 N–H and O–H groups in total. The fourth-order valence-electron chi connectivity index (χ4n) is 4.45. The van der Waals surface area contributed by atoms with Gasteiger partial charge >= 0.3 is 0 Å². The first-order valence-electron chi connectivity index (χ1n) is 14.2. The molecule has 6 nitrogen and oxygen atoms in total. The summed E-state index contributed by atoms with van der Waals surface area (Å²) in [7, 11) is 0. The van der Waals surface area contributed by atoms with E-state index in [4.69, 9.17) is 0 Å². The maximum atomic E-state index is 13.5. The Kier molecular flexibility index (Phi) is 10.2. The van der Waals surface area contributed by atoms with E-state index in [-0.39, 0.29) is 11.6 Å². The molecule has 0 aromatic heterocycles. The molecule has 1 unspecified atom stereocenters. The summed E-state index contributed by atoms with van der Waals surface area (Å²) in [5, 5.41) is 8.00. The first-order chi connectivity index (χ1) is 21.8. The lowest BCUT2D eigenvalue weighted by atomic mass is 10.1. The molecular weight excluding hydrogens is 585 g/mol. The average molecular weight is 616 g/mol. The van der Waals surface area contributed by atoms with Crippen LogP contribution in [0.1, 0.15) is 32.3 Å². The van der Waals surface area contributed by atoms with E-state index in [1.807, 2.05) is 73.7 Å². The van der Waals surface area contributed by atoms with E-state index >= 15 is 0 Å². The van der Waals surface area contributed by atoms with Crippen LogP contribution in [0.4, 0.5) is 15.8 Å². The van der Waals surface area contributed by atoms with Gasteiger partial charge in [-0.1, -0.05) is 72.8 Å². The fraction of sp³-hybridized carbons (Fsp3) is 0.0541. The first-order valence-corrected chi connectivity index (χ1v) is 15.1. The van der Waals surface area contributed by atoms with Gasteiger partial charge in [0.2, 0.25) is 5.91 Å². The van der Waals surface area contributed by atoms with Crippen molar-refractivity contribution < 1.29 is 18.8 Å². The van der Waals surface area contributed by atoms with Gasteiger partial charge in [-0.15, -0.1) is 11.8 Å². The zero-order valence-electron chi connectivity index (χ0n) is 24.4. The minimum Gasteiger partial charge on any atom is -0.325 e. The molecule has 0 aliphatic carbocycles. The van der Waals surface area contributed by atoms with Gasteiger partial charge < -0.3 is 16.0 Å². The van der Waals surface area contributed by atoms with E-state index in [1.54, 1.807) is 42.5 Å². The van der Waals surface area contributed by atoms with Crippen LogP contribution in [0.5, 0.6) is 0 Å². The molecule has 0 saturated carbocycles. The lowest BCUT2D eigenvalue weighted by Gasteiger charge is -2.18. The van der Waals surface area contributed by atoms with Gasteiger partial charge in [0.05, 0.1) is 0 Å². The van der Waals surface area contributed by atoms with Crippen LogP contribution in [0.15, 0.2) is 144 Å². The molecular formula is C37H30FN3O3S. The topological polar surface area (TPSA) is 87.3 Å². The maximum absolute atomic E-state index is 13.5. The molecule has 0 heterocycles. The molecule has 0 saturated heterocycles. The Labute approximate surface area is 265 Å². The Morgan fingerprint density at radius 2 is 1.38 bits per heavy atom. The second kappa shape index (κ2) is 14.8. The molecule has 5 aromatic carbocycles. The second-order valence-corrected chi connectivity index (χ2v) is 11.4. The van der Waals surface area contributed by atoms with Crippen LogP contribution in [0.25, 0.3) is 6.08 Å². The minimum atomic E-state index is -0.552. The van der Waals surface area contributed by atoms with Gasteiger partial charge in [0.1, 0.15) is 16.8 Å². The predicted molar refractivity (Wildman–Crippen MR) is 178 cm³/mol. The lowest BCUT2D eigenvalue weighted by molar-refractivity contribution is -0.116. The Bertz CT molecular complexity index is 1810. The van der Waals surface area contributed by atoms with Crippen molar-refractivity contribution in [3.8, 4) is 0 Å². The summed E-state index contributed by atoms with van der Waals surface area (Å²) >= 11 is 1.39. The zero-order valence-corrected chi connectivity index (χ0v) is 25.2. The molecule has 1 atom stereocenters. The third-order valence-corrected chi connectivity index (χ3v) is 7.97. The van der Waals surface area contributed by atoms with Gasteiger partial charge in [0.15, 0.2) is 0 Å². The molecule has 0 spiro atoms. The van der Waals surface area contributed by atoms with Crippen molar-refractivity contribution in [3.05, 3.63) is 167 Å². The number of amides is 3. The van der Waals surface area contributed by atoms with Gasteiger partial charge in [0.25, 0.3) is 11.8 Å². The van der Waals surface area contributed by atoms with E-state index in [0.29, 0.717) is 16.8 Å². The predicted octanol–water partition coefficient (Wildman–Crippen LogP) is 8.02. The second-order valence-electron chi connectivity index (χ2n) is 10.2. The number of anilines is 2. The quantitative estimate of drug-likeness (QED) is 0.110. The smallest absolute Gasteiger partial charge is 0.272 e. The van der Waals surface area contributed by atoms with Gasteiger partial charge in [-0.2, -0.15) is 0 Å². The van der Waals surface area contributed by atoms with Gasteiger partial charge in [-0.25, -0.2) is 4.39 Å². The highest BCUT2D eigenvalue weighted by Crippen LogP contribution is 2.37. The number of aryl methyl sites for hydroxylation is 1. The highest BCUT2D eigenvalue weighted by atomic mass is 32.2. The maximum Gasteiger partial charge on any atom is 0.272 e. The number of halogens is 1. The number of hydrogen-bond donors (Lipinski definition) is 3. The Morgan fingerprint density at radius 3 is 2.04 bits per heavy atom. The van der Waals surface area contributed by atoms with Crippen LogP contribution in [-0.4, -0.2) is 17.7 Å². The van der Waals surface area contributed by atoms with Gasteiger partial charge in [-0.05, 0) is 90.4 Å². The number of carbonyl (C=O) groups excluding carboxylic acids is 3. The summed E-state index contributed by atoms with van der Waals surface area (Å²) in [5.74, 6) is -1.57. The standard InChI is InChI=1S/C37H30FN3O3S/c1-25-9-8-14-31(23-25)40-37(44)34(27-10-4-2-5-11-27)45-32-21-19-30(20-22-32)39-36(43)33(24-26-15-17-29(38)18-16-26)41-35(42)28-12-6-3-7-13-28/h2-24,34H,1H3,(H,39,43)(H,40,44)(H,41,42)/b33-24-. The number of benzene rings is 5. The van der Waals surface area contributed by atoms with Crippen molar-refractivity contribution in [2.24, 2.45) is 0 Å². The Balaban J connectivity index is 1.32. The molecule has 0 aliphatic heterocycles. The summed E-state index contributed by atoms with van der Waals surface area (Å²) < 4.78 is 13.5. The molecule has 0 aliphatic rings.